The van der Waals surface area contributed by atoms with Crippen molar-refractivity contribution in [3.05, 3.63) is 0 Å². The van der Waals surface area contributed by atoms with Gasteiger partial charge in [0.25, 0.3) is 0 Å². The van der Waals surface area contributed by atoms with Crippen molar-refractivity contribution in [1.82, 2.24) is 10.6 Å². The van der Waals surface area contributed by atoms with E-state index in [0.29, 0.717) is 6.54 Å². The molecule has 5 heteroatoms. The summed E-state index contributed by atoms with van der Waals surface area (Å²) in [5.41, 5.74) is 5.19. The minimum Gasteiger partial charge on any atom is -0.387 e. The van der Waals surface area contributed by atoms with E-state index in [9.17, 15) is 0 Å². The Hall–Kier alpha value is -0.260. The molecule has 0 aliphatic heterocycles. The molecular formula is C6H16N4S. The Labute approximate surface area is 71.8 Å². The van der Waals surface area contributed by atoms with Gasteiger partial charge in [0.05, 0.1) is 6.54 Å². The smallest absolute Gasteiger partial charge is 0.114 e. The SMILES string of the molecule is CNC(C)(NCC(=N)N)SC. The van der Waals surface area contributed by atoms with E-state index in [1.165, 1.54) is 0 Å². The van der Waals surface area contributed by atoms with Crippen LogP contribution in [0.2, 0.25) is 0 Å². The second-order valence-corrected chi connectivity index (χ2v) is 3.59. The number of nitrogens with one attached hydrogen (secondary N) is 3. The second-order valence-electron chi connectivity index (χ2n) is 2.37. The highest BCUT2D eigenvalue weighted by atomic mass is 32.2. The molecule has 0 heterocycles. The quantitative estimate of drug-likeness (QED) is 0.265. The van der Waals surface area contributed by atoms with Crippen molar-refractivity contribution < 1.29 is 0 Å². The third-order valence-electron chi connectivity index (χ3n) is 1.50. The summed E-state index contributed by atoms with van der Waals surface area (Å²) >= 11 is 1.64. The molecule has 4 nitrogen and oxygen atoms in total. The predicted octanol–water partition coefficient (Wildman–Crippen LogP) is -0.232. The van der Waals surface area contributed by atoms with E-state index in [-0.39, 0.29) is 10.8 Å². The van der Waals surface area contributed by atoms with Crippen LogP contribution in [-0.4, -0.2) is 30.7 Å². The summed E-state index contributed by atoms with van der Waals surface area (Å²) in [5, 5.41) is 13.2. The molecule has 0 bridgehead atoms. The fourth-order valence-corrected chi connectivity index (χ4v) is 0.947. The van der Waals surface area contributed by atoms with Crippen molar-refractivity contribution in [1.29, 1.82) is 5.41 Å². The maximum absolute atomic E-state index is 7.00. The normalized spacial score (nSPS) is 15.9. The zero-order chi connectivity index (χ0) is 8.91. The molecule has 0 spiro atoms. The zero-order valence-electron chi connectivity index (χ0n) is 7.19. The molecule has 0 amide bonds. The van der Waals surface area contributed by atoms with Crippen LogP contribution < -0.4 is 16.4 Å². The molecule has 0 aromatic rings. The average Bonchev–Trinajstić information content (AvgIpc) is 2.00. The van der Waals surface area contributed by atoms with Gasteiger partial charge in [0.15, 0.2) is 0 Å². The minimum absolute atomic E-state index is 0.153. The molecule has 0 aromatic heterocycles. The summed E-state index contributed by atoms with van der Waals surface area (Å²) in [6.45, 7) is 2.42. The minimum atomic E-state index is -0.189. The van der Waals surface area contributed by atoms with Gasteiger partial charge in [-0.2, -0.15) is 0 Å². The monoisotopic (exact) mass is 176 g/mol. The summed E-state index contributed by atoms with van der Waals surface area (Å²) in [6, 6.07) is 0. The van der Waals surface area contributed by atoms with Gasteiger partial charge in [-0.3, -0.25) is 16.0 Å². The lowest BCUT2D eigenvalue weighted by Crippen LogP contribution is -2.52. The van der Waals surface area contributed by atoms with E-state index >= 15 is 0 Å². The van der Waals surface area contributed by atoms with Gasteiger partial charge in [-0.05, 0) is 20.2 Å². The number of rotatable bonds is 5. The van der Waals surface area contributed by atoms with E-state index in [1.807, 2.05) is 20.2 Å². The highest BCUT2D eigenvalue weighted by molar-refractivity contribution is 7.99. The highest BCUT2D eigenvalue weighted by Gasteiger charge is 2.18. The summed E-state index contributed by atoms with van der Waals surface area (Å²) in [6.07, 6.45) is 1.99. The van der Waals surface area contributed by atoms with Crippen LogP contribution in [0.25, 0.3) is 0 Å². The van der Waals surface area contributed by atoms with Crippen molar-refractivity contribution in [2.45, 2.75) is 11.9 Å². The van der Waals surface area contributed by atoms with Crippen molar-refractivity contribution >= 4 is 17.6 Å². The van der Waals surface area contributed by atoms with E-state index in [4.69, 9.17) is 11.1 Å². The fraction of sp³-hybridized carbons (Fsp3) is 0.833. The molecule has 1 atom stereocenters. The largest absolute Gasteiger partial charge is 0.387 e. The molecule has 5 N–H and O–H groups in total. The van der Waals surface area contributed by atoms with Crippen LogP contribution in [0, 0.1) is 5.41 Å². The fourth-order valence-electron chi connectivity index (χ4n) is 0.527. The van der Waals surface area contributed by atoms with Crippen LogP contribution in [-0.2, 0) is 0 Å². The summed E-state index contributed by atoms with van der Waals surface area (Å²) in [4.78, 5) is -0.189. The van der Waals surface area contributed by atoms with Gasteiger partial charge >= 0.3 is 0 Å². The van der Waals surface area contributed by atoms with Gasteiger partial charge in [-0.1, -0.05) is 0 Å². The molecule has 0 saturated heterocycles. The van der Waals surface area contributed by atoms with Crippen LogP contribution in [0.5, 0.6) is 0 Å². The van der Waals surface area contributed by atoms with E-state index < -0.39 is 0 Å². The molecular weight excluding hydrogens is 160 g/mol. The second kappa shape index (κ2) is 4.58. The van der Waals surface area contributed by atoms with Gasteiger partial charge in [0, 0.05) is 0 Å². The van der Waals surface area contributed by atoms with Gasteiger partial charge < -0.3 is 5.73 Å². The number of thioether (sulfide) groups is 1. The highest BCUT2D eigenvalue weighted by Crippen LogP contribution is 2.12. The Morgan fingerprint density at radius 2 is 2.27 bits per heavy atom. The molecule has 0 aliphatic carbocycles. The van der Waals surface area contributed by atoms with Crippen LogP contribution in [0.15, 0.2) is 0 Å². The maximum atomic E-state index is 7.00. The Morgan fingerprint density at radius 1 is 1.73 bits per heavy atom. The molecule has 0 aromatic carbocycles. The Kier molecular flexibility index (Phi) is 4.48. The zero-order valence-corrected chi connectivity index (χ0v) is 8.01. The molecule has 11 heavy (non-hydrogen) atoms. The standard InChI is InChI=1S/C6H16N4S/c1-6(9-2,11-3)10-4-5(7)8/h9-10H,4H2,1-3H3,(H3,7,8). The molecule has 0 radical (unpaired) electrons. The topological polar surface area (TPSA) is 73.9 Å². The lowest BCUT2D eigenvalue weighted by Gasteiger charge is -2.28. The summed E-state index contributed by atoms with van der Waals surface area (Å²) in [7, 11) is 1.86. The van der Waals surface area contributed by atoms with Gasteiger partial charge in [0.1, 0.15) is 10.8 Å². The first-order chi connectivity index (χ1) is 5.04. The Balaban J connectivity index is 3.78. The van der Waals surface area contributed by atoms with Crippen LogP contribution >= 0.6 is 11.8 Å². The summed E-state index contributed by atoms with van der Waals surface area (Å²) < 4.78 is 0. The van der Waals surface area contributed by atoms with Crippen LogP contribution in [0.4, 0.5) is 0 Å². The molecule has 1 unspecified atom stereocenters. The first-order valence-corrected chi connectivity index (χ1v) is 4.58. The number of amidine groups is 1. The average molecular weight is 176 g/mol. The van der Waals surface area contributed by atoms with Crippen molar-refractivity contribution in [2.24, 2.45) is 5.73 Å². The number of hydrogen-bond donors (Lipinski definition) is 4. The molecule has 0 fully saturated rings. The Bertz CT molecular complexity index is 133. The van der Waals surface area contributed by atoms with Gasteiger partial charge in [0.2, 0.25) is 0 Å². The van der Waals surface area contributed by atoms with Crippen LogP contribution in [0.1, 0.15) is 6.92 Å². The van der Waals surface area contributed by atoms with E-state index in [1.54, 1.807) is 11.8 Å². The molecule has 0 rings (SSSR count). The lowest BCUT2D eigenvalue weighted by atomic mass is 10.5. The third kappa shape index (κ3) is 4.23. The van der Waals surface area contributed by atoms with E-state index in [0.717, 1.165) is 0 Å². The third-order valence-corrected chi connectivity index (χ3v) is 2.67. The molecule has 0 saturated carbocycles. The number of hydrogen-bond acceptors (Lipinski definition) is 4. The molecule has 0 aliphatic rings. The van der Waals surface area contributed by atoms with Crippen LogP contribution in [0.3, 0.4) is 0 Å². The first-order valence-electron chi connectivity index (χ1n) is 3.36. The van der Waals surface area contributed by atoms with Gasteiger partial charge in [-0.15, -0.1) is 11.8 Å². The maximum Gasteiger partial charge on any atom is 0.114 e. The van der Waals surface area contributed by atoms with Gasteiger partial charge in [-0.25, -0.2) is 0 Å². The van der Waals surface area contributed by atoms with Crippen molar-refractivity contribution in [3.63, 3.8) is 0 Å². The van der Waals surface area contributed by atoms with Crippen molar-refractivity contribution in [3.8, 4) is 0 Å². The predicted molar refractivity (Wildman–Crippen MR) is 50.9 cm³/mol. The van der Waals surface area contributed by atoms with Crippen molar-refractivity contribution in [2.75, 3.05) is 19.8 Å². The van der Waals surface area contributed by atoms with E-state index in [2.05, 4.69) is 10.6 Å². The lowest BCUT2D eigenvalue weighted by molar-refractivity contribution is 0.471. The number of nitrogens with two attached hydrogens (primary N) is 1. The molecule has 66 valence electrons. The first kappa shape index (κ1) is 10.7. The Morgan fingerprint density at radius 3 is 2.55 bits per heavy atom. The summed E-state index contributed by atoms with van der Waals surface area (Å²) in [5.74, 6) is 0.153.